The number of pyridine rings is 1. The maximum absolute atomic E-state index is 11.4. The number of nitrogen functional groups attached to an aromatic ring is 1. The molecule has 2 rings (SSSR count). The van der Waals surface area contributed by atoms with Gasteiger partial charge in [-0.2, -0.15) is 0 Å². The molecule has 6 heteroatoms. The smallest absolute Gasteiger partial charge is 0.400 e. The molecule has 1 saturated heterocycles. The van der Waals surface area contributed by atoms with Gasteiger partial charge >= 0.3 is 7.12 Å². The van der Waals surface area contributed by atoms with Gasteiger partial charge in [0.15, 0.2) is 0 Å². The molecule has 1 aromatic heterocycles. The van der Waals surface area contributed by atoms with Gasteiger partial charge in [-0.05, 0) is 45.9 Å². The molecule has 0 saturated carbocycles. The predicted molar refractivity (Wildman–Crippen MR) is 76.6 cm³/mol. The van der Waals surface area contributed by atoms with Crippen LogP contribution in [-0.4, -0.2) is 23.3 Å². The van der Waals surface area contributed by atoms with E-state index in [4.69, 9.17) is 15.0 Å². The average Bonchev–Trinajstić information content (AvgIpc) is 2.49. The Kier molecular flexibility index (Phi) is 3.32. The van der Waals surface area contributed by atoms with E-state index in [9.17, 15) is 4.79 Å². The summed E-state index contributed by atoms with van der Waals surface area (Å²) in [4.78, 5) is 14.0. The van der Waals surface area contributed by atoms with E-state index in [2.05, 4.69) is 4.98 Å². The highest BCUT2D eigenvalue weighted by Gasteiger charge is 2.49. The summed E-state index contributed by atoms with van der Waals surface area (Å²) in [6.07, 6.45) is 1.75. The predicted octanol–water partition coefficient (Wildman–Crippen LogP) is 1.60. The Morgan fingerprint density at radius 3 is 2.32 bits per heavy atom. The first-order valence-electron chi connectivity index (χ1n) is 6.24. The van der Waals surface area contributed by atoms with Crippen molar-refractivity contribution in [3.63, 3.8) is 0 Å². The van der Waals surface area contributed by atoms with Crippen LogP contribution in [0.15, 0.2) is 22.9 Å². The quantitative estimate of drug-likeness (QED) is 0.793. The van der Waals surface area contributed by atoms with Gasteiger partial charge < -0.3 is 20.0 Å². The van der Waals surface area contributed by atoms with Crippen LogP contribution in [0.25, 0.3) is 6.08 Å². The van der Waals surface area contributed by atoms with Crippen LogP contribution >= 0.6 is 0 Å². The monoisotopic (exact) mass is 262 g/mol. The van der Waals surface area contributed by atoms with Crippen LogP contribution in [-0.2, 0) is 9.31 Å². The summed E-state index contributed by atoms with van der Waals surface area (Å²) in [5.74, 6) is 1.78. The lowest BCUT2D eigenvalue weighted by atomic mass is 9.89. The van der Waals surface area contributed by atoms with Gasteiger partial charge in [0.2, 0.25) is 0 Å². The lowest BCUT2D eigenvalue weighted by molar-refractivity contribution is 0.00578. The van der Waals surface area contributed by atoms with Crippen molar-refractivity contribution in [3.8, 4) is 0 Å². The third kappa shape index (κ3) is 2.74. The van der Waals surface area contributed by atoms with Gasteiger partial charge in [-0.3, -0.25) is 4.79 Å². The van der Waals surface area contributed by atoms with Crippen molar-refractivity contribution in [3.05, 3.63) is 34.2 Å². The second-order valence-corrected chi connectivity index (χ2v) is 5.68. The normalized spacial score (nSPS) is 21.2. The highest BCUT2D eigenvalue weighted by molar-refractivity contribution is 6.52. The summed E-state index contributed by atoms with van der Waals surface area (Å²) < 4.78 is 11.6. The molecule has 0 bridgehead atoms. The lowest BCUT2D eigenvalue weighted by Crippen LogP contribution is -2.41. The van der Waals surface area contributed by atoms with Gasteiger partial charge in [0, 0.05) is 5.69 Å². The fourth-order valence-corrected chi connectivity index (χ4v) is 1.75. The topological polar surface area (TPSA) is 77.3 Å². The van der Waals surface area contributed by atoms with E-state index in [0.717, 1.165) is 0 Å². The fourth-order valence-electron chi connectivity index (χ4n) is 1.75. The van der Waals surface area contributed by atoms with Crippen molar-refractivity contribution in [1.82, 2.24) is 4.98 Å². The number of nitrogens with one attached hydrogen (secondary N) is 1. The second kappa shape index (κ2) is 4.54. The molecule has 102 valence electrons. The van der Waals surface area contributed by atoms with E-state index < -0.39 is 7.12 Å². The molecule has 0 radical (unpaired) electrons. The number of nitrogens with two attached hydrogens (primary N) is 1. The van der Waals surface area contributed by atoms with Crippen LogP contribution in [0.4, 0.5) is 5.69 Å². The Morgan fingerprint density at radius 2 is 1.79 bits per heavy atom. The molecular weight excluding hydrogens is 243 g/mol. The molecule has 19 heavy (non-hydrogen) atoms. The summed E-state index contributed by atoms with van der Waals surface area (Å²) in [5, 5.41) is 0. The Hall–Kier alpha value is -1.53. The van der Waals surface area contributed by atoms with E-state index in [1.165, 1.54) is 0 Å². The second-order valence-electron chi connectivity index (χ2n) is 5.68. The molecule has 1 aliphatic rings. The highest BCUT2D eigenvalue weighted by atomic mass is 16.7. The first-order valence-corrected chi connectivity index (χ1v) is 6.24. The number of hydrogen-bond acceptors (Lipinski definition) is 4. The molecule has 3 N–H and O–H groups in total. The number of aromatic amines is 1. The Labute approximate surface area is 112 Å². The fraction of sp³-hybridized carbons (Fsp3) is 0.462. The van der Waals surface area contributed by atoms with Gasteiger partial charge in [-0.1, -0.05) is 5.98 Å². The number of hydrogen-bond donors (Lipinski definition) is 2. The van der Waals surface area contributed by atoms with Crippen molar-refractivity contribution in [2.24, 2.45) is 0 Å². The maximum atomic E-state index is 11.4. The van der Waals surface area contributed by atoms with Crippen LogP contribution in [0, 0.1) is 0 Å². The highest BCUT2D eigenvalue weighted by Crippen LogP contribution is 2.36. The molecule has 2 heterocycles. The average molecular weight is 262 g/mol. The van der Waals surface area contributed by atoms with Gasteiger partial charge in [0.25, 0.3) is 5.56 Å². The van der Waals surface area contributed by atoms with Crippen LogP contribution in [0.2, 0.25) is 0 Å². The number of anilines is 1. The molecule has 1 aliphatic heterocycles. The Morgan fingerprint density at radius 1 is 1.21 bits per heavy atom. The van der Waals surface area contributed by atoms with E-state index in [-0.39, 0.29) is 22.4 Å². The zero-order valence-electron chi connectivity index (χ0n) is 11.7. The maximum Gasteiger partial charge on any atom is 0.487 e. The van der Waals surface area contributed by atoms with Crippen LogP contribution in [0.3, 0.4) is 0 Å². The molecular formula is C13H19BN2O3. The summed E-state index contributed by atoms with van der Waals surface area (Å²) >= 11 is 0. The zero-order chi connectivity index (χ0) is 14.3. The van der Waals surface area contributed by atoms with Gasteiger partial charge in [0.1, 0.15) is 0 Å². The molecule has 0 amide bonds. The third-order valence-electron chi connectivity index (χ3n) is 3.67. The first-order chi connectivity index (χ1) is 8.71. The number of aromatic nitrogens is 1. The van der Waals surface area contributed by atoms with Crippen LogP contribution < -0.4 is 11.3 Å². The summed E-state index contributed by atoms with van der Waals surface area (Å²) in [6, 6.07) is 3.31. The van der Waals surface area contributed by atoms with Crippen LogP contribution in [0.1, 0.15) is 33.4 Å². The van der Waals surface area contributed by atoms with Crippen LogP contribution in [0.5, 0.6) is 0 Å². The summed E-state index contributed by atoms with van der Waals surface area (Å²) in [6.45, 7) is 7.97. The number of H-pyrrole nitrogens is 1. The minimum atomic E-state index is -0.425. The van der Waals surface area contributed by atoms with Crippen molar-refractivity contribution in [2.45, 2.75) is 38.9 Å². The van der Waals surface area contributed by atoms with E-state index >= 15 is 0 Å². The zero-order valence-corrected chi connectivity index (χ0v) is 11.7. The SMILES string of the molecule is CC1(C)OB(/C=C/c2ccc(N)c(=O)[nH]2)OC1(C)C. The van der Waals surface area contributed by atoms with E-state index in [1.807, 2.05) is 27.7 Å². The molecule has 0 unspecified atom stereocenters. The largest absolute Gasteiger partial charge is 0.487 e. The van der Waals surface area contributed by atoms with E-state index in [0.29, 0.717) is 5.69 Å². The minimum Gasteiger partial charge on any atom is -0.400 e. The molecule has 1 aromatic rings. The van der Waals surface area contributed by atoms with Crippen molar-refractivity contribution in [2.75, 3.05) is 5.73 Å². The molecule has 1 fully saturated rings. The molecule has 5 nitrogen and oxygen atoms in total. The molecule has 0 aromatic carbocycles. The molecule has 0 aliphatic carbocycles. The van der Waals surface area contributed by atoms with Gasteiger partial charge in [0.05, 0.1) is 16.9 Å². The standard InChI is InChI=1S/C13H19BN2O3/c1-12(2)13(3,4)19-14(18-12)8-7-9-5-6-10(15)11(17)16-9/h5-8H,15H2,1-4H3,(H,16,17)/b8-7+. The van der Waals surface area contributed by atoms with Gasteiger partial charge in [-0.25, -0.2) is 0 Å². The lowest BCUT2D eigenvalue weighted by Gasteiger charge is -2.32. The molecule has 0 atom stereocenters. The third-order valence-corrected chi connectivity index (χ3v) is 3.67. The van der Waals surface area contributed by atoms with Gasteiger partial charge in [-0.15, -0.1) is 0 Å². The summed E-state index contributed by atoms with van der Waals surface area (Å²) in [7, 11) is -0.425. The Balaban J connectivity index is 2.12. The van der Waals surface area contributed by atoms with Crippen molar-refractivity contribution < 1.29 is 9.31 Å². The number of rotatable bonds is 2. The minimum absolute atomic E-state index is 0.202. The van der Waals surface area contributed by atoms with Crippen molar-refractivity contribution in [1.29, 1.82) is 0 Å². The van der Waals surface area contributed by atoms with E-state index in [1.54, 1.807) is 24.2 Å². The summed E-state index contributed by atoms with van der Waals surface area (Å²) in [5.41, 5.74) is 5.30. The van der Waals surface area contributed by atoms with Crippen molar-refractivity contribution >= 4 is 18.9 Å². The Bertz CT molecular complexity index is 547. The molecule has 0 spiro atoms. The first kappa shape index (κ1) is 13.9.